The number of carbonyl (C=O) groups excluding carboxylic acids is 2. The maximum Gasteiger partial charge on any atom is 0.236 e. The number of amides is 2. The van der Waals surface area contributed by atoms with Crippen LogP contribution in [0.25, 0.3) is 5.65 Å². The third-order valence-electron chi connectivity index (χ3n) is 6.91. The number of para-hydroxylation sites is 1. The van der Waals surface area contributed by atoms with E-state index in [1.807, 2.05) is 59.6 Å². The molecule has 0 saturated carbocycles. The number of carbonyl (C=O) groups is 2. The molecule has 172 valence electrons. The number of likely N-dealkylation sites (tertiary alicyclic amines) is 2. The fourth-order valence-electron chi connectivity index (χ4n) is 4.94. The molecule has 0 atom stereocenters. The van der Waals surface area contributed by atoms with Crippen LogP contribution in [0.2, 0.25) is 0 Å². The van der Waals surface area contributed by atoms with Gasteiger partial charge in [-0.25, -0.2) is 0 Å². The molecule has 8 nitrogen and oxygen atoms in total. The summed E-state index contributed by atoms with van der Waals surface area (Å²) in [5.74, 6) is 1.57. The molecule has 0 radical (unpaired) electrons. The topological polar surface area (TPSA) is 82.8 Å². The van der Waals surface area contributed by atoms with Crippen molar-refractivity contribution < 1.29 is 9.59 Å². The Hall–Kier alpha value is -3.26. The van der Waals surface area contributed by atoms with Crippen LogP contribution in [0.15, 0.2) is 54.7 Å². The van der Waals surface area contributed by atoms with Gasteiger partial charge in [-0.2, -0.15) is 0 Å². The zero-order valence-electron chi connectivity index (χ0n) is 18.8. The molecule has 0 unspecified atom stereocenters. The van der Waals surface area contributed by atoms with E-state index in [1.165, 1.54) is 0 Å². The second kappa shape index (κ2) is 9.70. The molecule has 0 aliphatic carbocycles. The molecule has 5 rings (SSSR count). The highest BCUT2D eigenvalue weighted by atomic mass is 16.2. The largest absolute Gasteiger partial charge is 0.342 e. The van der Waals surface area contributed by atoms with Crippen molar-refractivity contribution in [3.63, 3.8) is 0 Å². The zero-order chi connectivity index (χ0) is 22.6. The molecule has 2 aromatic heterocycles. The number of pyridine rings is 1. The van der Waals surface area contributed by atoms with Crippen LogP contribution >= 0.6 is 0 Å². The molecule has 2 fully saturated rings. The zero-order valence-corrected chi connectivity index (χ0v) is 18.8. The molecular formula is C25H30N6O2. The average molecular weight is 447 g/mol. The third-order valence-corrected chi connectivity index (χ3v) is 6.91. The van der Waals surface area contributed by atoms with Crippen LogP contribution in [0.1, 0.15) is 37.4 Å². The van der Waals surface area contributed by atoms with E-state index < -0.39 is 0 Å². The van der Waals surface area contributed by atoms with Crippen LogP contribution < -0.4 is 5.32 Å². The Bertz CT molecular complexity index is 1100. The van der Waals surface area contributed by atoms with E-state index in [4.69, 9.17) is 0 Å². The normalized spacial score (nSPS) is 18.5. The van der Waals surface area contributed by atoms with Crippen LogP contribution in [0.5, 0.6) is 0 Å². The highest BCUT2D eigenvalue weighted by Gasteiger charge is 2.30. The van der Waals surface area contributed by atoms with Gasteiger partial charge in [0, 0.05) is 36.8 Å². The number of benzene rings is 1. The van der Waals surface area contributed by atoms with Crippen molar-refractivity contribution in [1.29, 1.82) is 0 Å². The summed E-state index contributed by atoms with van der Waals surface area (Å²) in [6, 6.07) is 15.5. The maximum atomic E-state index is 12.9. The minimum atomic E-state index is -0.0389. The number of rotatable bonds is 5. The van der Waals surface area contributed by atoms with E-state index in [0.717, 1.165) is 43.1 Å². The van der Waals surface area contributed by atoms with Crippen molar-refractivity contribution in [1.82, 2.24) is 24.4 Å². The first-order valence-corrected chi connectivity index (χ1v) is 11.8. The average Bonchev–Trinajstić information content (AvgIpc) is 3.29. The van der Waals surface area contributed by atoms with Crippen LogP contribution in [0, 0.1) is 5.92 Å². The second-order valence-electron chi connectivity index (χ2n) is 9.05. The Morgan fingerprint density at radius 3 is 2.36 bits per heavy atom. The van der Waals surface area contributed by atoms with Crippen LogP contribution in [0.3, 0.4) is 0 Å². The number of hydrogen-bond donors (Lipinski definition) is 1. The summed E-state index contributed by atoms with van der Waals surface area (Å²) in [7, 11) is 0. The van der Waals surface area contributed by atoms with Gasteiger partial charge in [-0.15, -0.1) is 10.2 Å². The van der Waals surface area contributed by atoms with Crippen molar-refractivity contribution >= 4 is 23.1 Å². The van der Waals surface area contributed by atoms with Crippen molar-refractivity contribution in [2.75, 3.05) is 38.0 Å². The summed E-state index contributed by atoms with van der Waals surface area (Å²) in [5.41, 5.74) is 1.70. The molecule has 8 heteroatoms. The van der Waals surface area contributed by atoms with E-state index in [1.54, 1.807) is 0 Å². The number of aromatic nitrogens is 3. The van der Waals surface area contributed by atoms with Gasteiger partial charge in [0.05, 0.1) is 6.54 Å². The fourth-order valence-corrected chi connectivity index (χ4v) is 4.94. The first-order valence-electron chi connectivity index (χ1n) is 11.8. The number of fused-ring (bicyclic) bond motifs is 1. The Morgan fingerprint density at radius 2 is 1.61 bits per heavy atom. The SMILES string of the molecule is O=C(Nc1ccccc1)C1CCN(C(=O)CN2CCC(c3nnc4ccccn34)CC2)CC1. The van der Waals surface area contributed by atoms with Crippen molar-refractivity contribution in [3.8, 4) is 0 Å². The van der Waals surface area contributed by atoms with Gasteiger partial charge in [-0.3, -0.25) is 18.9 Å². The lowest BCUT2D eigenvalue weighted by atomic mass is 9.95. The number of nitrogens with one attached hydrogen (secondary N) is 1. The van der Waals surface area contributed by atoms with E-state index in [2.05, 4.69) is 24.8 Å². The Kier molecular flexibility index (Phi) is 6.35. The van der Waals surface area contributed by atoms with Gasteiger partial charge in [0.25, 0.3) is 0 Å². The summed E-state index contributed by atoms with van der Waals surface area (Å²) >= 11 is 0. The standard InChI is InChI=1S/C25H30N6O2/c32-23(30-16-11-20(12-17-30)25(33)26-21-6-2-1-3-7-21)18-29-14-9-19(10-15-29)24-28-27-22-8-4-5-13-31(22)24/h1-8,13,19-20H,9-12,14-18H2,(H,26,33). The van der Waals surface area contributed by atoms with E-state index >= 15 is 0 Å². The Morgan fingerprint density at radius 1 is 0.879 bits per heavy atom. The third kappa shape index (κ3) is 4.90. The smallest absolute Gasteiger partial charge is 0.236 e. The van der Waals surface area contributed by atoms with Gasteiger partial charge in [-0.05, 0) is 63.0 Å². The Balaban J connectivity index is 1.07. The van der Waals surface area contributed by atoms with Gasteiger partial charge >= 0.3 is 0 Å². The van der Waals surface area contributed by atoms with Crippen LogP contribution in [0.4, 0.5) is 5.69 Å². The number of nitrogens with zero attached hydrogens (tertiary/aromatic N) is 5. The maximum absolute atomic E-state index is 12.9. The molecule has 2 amide bonds. The quantitative estimate of drug-likeness (QED) is 0.652. The molecule has 2 aliphatic heterocycles. The predicted octanol–water partition coefficient (Wildman–Crippen LogP) is 2.79. The Labute approximate surface area is 193 Å². The molecule has 3 aromatic rings. The number of hydrogen-bond acceptors (Lipinski definition) is 5. The van der Waals surface area contributed by atoms with Crippen molar-refractivity contribution in [2.24, 2.45) is 5.92 Å². The lowest BCUT2D eigenvalue weighted by Gasteiger charge is -2.35. The first-order chi connectivity index (χ1) is 16.2. The van der Waals surface area contributed by atoms with E-state index in [-0.39, 0.29) is 17.7 Å². The van der Waals surface area contributed by atoms with Crippen molar-refractivity contribution in [2.45, 2.75) is 31.6 Å². The van der Waals surface area contributed by atoms with E-state index in [9.17, 15) is 9.59 Å². The molecule has 33 heavy (non-hydrogen) atoms. The molecule has 0 spiro atoms. The monoisotopic (exact) mass is 446 g/mol. The number of piperidine rings is 2. The van der Waals surface area contributed by atoms with Gasteiger partial charge < -0.3 is 10.2 Å². The predicted molar refractivity (Wildman–Crippen MR) is 126 cm³/mol. The van der Waals surface area contributed by atoms with Gasteiger partial charge in [-0.1, -0.05) is 24.3 Å². The van der Waals surface area contributed by atoms with Gasteiger partial charge in [0.15, 0.2) is 5.65 Å². The highest BCUT2D eigenvalue weighted by molar-refractivity contribution is 5.92. The van der Waals surface area contributed by atoms with E-state index in [0.29, 0.717) is 38.4 Å². The molecule has 1 N–H and O–H groups in total. The second-order valence-corrected chi connectivity index (χ2v) is 9.05. The van der Waals surface area contributed by atoms with Gasteiger partial charge in [0.2, 0.25) is 11.8 Å². The molecule has 2 saturated heterocycles. The van der Waals surface area contributed by atoms with Crippen LogP contribution in [-0.2, 0) is 9.59 Å². The number of anilines is 1. The molecule has 2 aliphatic rings. The van der Waals surface area contributed by atoms with Crippen molar-refractivity contribution in [3.05, 3.63) is 60.6 Å². The van der Waals surface area contributed by atoms with Gasteiger partial charge in [0.1, 0.15) is 5.82 Å². The molecule has 4 heterocycles. The summed E-state index contributed by atoms with van der Waals surface area (Å²) < 4.78 is 2.07. The molecule has 0 bridgehead atoms. The molecule has 1 aromatic carbocycles. The fraction of sp³-hybridized carbons (Fsp3) is 0.440. The minimum absolute atomic E-state index is 0.0389. The lowest BCUT2D eigenvalue weighted by Crippen LogP contribution is -2.47. The molecular weight excluding hydrogens is 416 g/mol. The highest BCUT2D eigenvalue weighted by Crippen LogP contribution is 2.27. The summed E-state index contributed by atoms with van der Waals surface area (Å²) in [4.78, 5) is 29.6. The summed E-state index contributed by atoms with van der Waals surface area (Å²) in [6.45, 7) is 3.51. The minimum Gasteiger partial charge on any atom is -0.342 e. The van der Waals surface area contributed by atoms with Crippen LogP contribution in [-0.4, -0.2) is 68.9 Å². The first kappa shape index (κ1) is 21.6. The summed E-state index contributed by atoms with van der Waals surface area (Å²) in [6.07, 6.45) is 5.40. The summed E-state index contributed by atoms with van der Waals surface area (Å²) in [5, 5.41) is 11.7. The lowest BCUT2D eigenvalue weighted by molar-refractivity contribution is -0.135.